The number of rotatable bonds is 12. The first kappa shape index (κ1) is 24.7. The van der Waals surface area contributed by atoms with Gasteiger partial charge in [-0.1, -0.05) is 81.4 Å². The van der Waals surface area contributed by atoms with Crippen LogP contribution in [0.1, 0.15) is 20.8 Å². The lowest BCUT2D eigenvalue weighted by molar-refractivity contribution is 0.0466. The summed E-state index contributed by atoms with van der Waals surface area (Å²) in [6, 6.07) is 21.2. The molecular weight excluding hydrogens is 394 g/mol. The third-order valence-corrected chi connectivity index (χ3v) is 10.4. The van der Waals surface area contributed by atoms with Crippen molar-refractivity contribution in [2.45, 2.75) is 31.9 Å². The zero-order valence-electron chi connectivity index (χ0n) is 18.8. The maximum Gasteiger partial charge on any atom is 0.261 e. The van der Waals surface area contributed by atoms with E-state index < -0.39 is 14.4 Å². The van der Waals surface area contributed by atoms with Gasteiger partial charge < -0.3 is 24.3 Å². The molecule has 0 fully saturated rings. The molecule has 0 aliphatic carbocycles. The van der Waals surface area contributed by atoms with Crippen molar-refractivity contribution in [3.63, 3.8) is 0 Å². The lowest BCUT2D eigenvalue weighted by Crippen LogP contribution is -2.66. The molecule has 30 heavy (non-hydrogen) atoms. The van der Waals surface area contributed by atoms with E-state index in [4.69, 9.17) is 14.3 Å². The Morgan fingerprint density at radius 2 is 1.43 bits per heavy atom. The van der Waals surface area contributed by atoms with Crippen molar-refractivity contribution in [1.29, 1.82) is 0 Å². The van der Waals surface area contributed by atoms with E-state index in [1.807, 2.05) is 24.1 Å². The maximum atomic E-state index is 9.50. The third-order valence-electron chi connectivity index (χ3n) is 5.31. The van der Waals surface area contributed by atoms with Gasteiger partial charge in [-0.15, -0.1) is 0 Å². The summed E-state index contributed by atoms with van der Waals surface area (Å²) < 4.78 is 12.6. The third kappa shape index (κ3) is 6.48. The summed E-state index contributed by atoms with van der Waals surface area (Å²) in [7, 11) is -0.605. The highest BCUT2D eigenvalue weighted by atomic mass is 28.4. The van der Waals surface area contributed by atoms with Crippen LogP contribution in [-0.4, -0.2) is 76.1 Å². The van der Waals surface area contributed by atoms with Gasteiger partial charge in [0.2, 0.25) is 0 Å². The SMILES string of the molecule is CN(CCOCCO[Si](c1ccccc1)(c1ccccc1)C(C)(C)C)CC(O)CO. The molecule has 0 saturated carbocycles. The van der Waals surface area contributed by atoms with Gasteiger partial charge in [-0.25, -0.2) is 0 Å². The van der Waals surface area contributed by atoms with E-state index in [1.54, 1.807) is 0 Å². The molecule has 2 N–H and O–H groups in total. The monoisotopic (exact) mass is 431 g/mol. The van der Waals surface area contributed by atoms with Crippen LogP contribution in [0, 0.1) is 0 Å². The second-order valence-corrected chi connectivity index (χ2v) is 13.0. The number of aliphatic hydroxyl groups excluding tert-OH is 2. The van der Waals surface area contributed by atoms with Crippen molar-refractivity contribution < 1.29 is 19.4 Å². The van der Waals surface area contributed by atoms with Gasteiger partial charge in [0, 0.05) is 13.1 Å². The van der Waals surface area contributed by atoms with E-state index in [9.17, 15) is 5.11 Å². The zero-order chi connectivity index (χ0) is 22.0. The molecule has 0 bridgehead atoms. The van der Waals surface area contributed by atoms with Gasteiger partial charge in [0.25, 0.3) is 8.32 Å². The second-order valence-electron chi connectivity index (χ2n) is 8.72. The van der Waals surface area contributed by atoms with Crippen molar-refractivity contribution in [3.05, 3.63) is 60.7 Å². The van der Waals surface area contributed by atoms with Crippen LogP contribution in [-0.2, 0) is 9.16 Å². The Bertz CT molecular complexity index is 681. The van der Waals surface area contributed by atoms with Gasteiger partial charge in [-0.05, 0) is 22.5 Å². The molecule has 2 aromatic rings. The first-order valence-electron chi connectivity index (χ1n) is 10.6. The summed E-state index contributed by atoms with van der Waals surface area (Å²) in [6.07, 6.45) is -0.714. The van der Waals surface area contributed by atoms with Gasteiger partial charge in [0.05, 0.1) is 32.5 Å². The van der Waals surface area contributed by atoms with Crippen molar-refractivity contribution >= 4 is 18.7 Å². The minimum atomic E-state index is -2.51. The maximum absolute atomic E-state index is 9.50. The van der Waals surface area contributed by atoms with Crippen molar-refractivity contribution in [1.82, 2.24) is 4.90 Å². The Labute approximate surface area is 182 Å². The fraction of sp³-hybridized carbons (Fsp3) is 0.500. The highest BCUT2D eigenvalue weighted by Gasteiger charge is 2.49. The first-order chi connectivity index (χ1) is 14.3. The molecular formula is C24H37NO4Si. The second kappa shape index (κ2) is 11.7. The molecule has 0 aliphatic rings. The largest absolute Gasteiger partial charge is 0.405 e. The fourth-order valence-electron chi connectivity index (χ4n) is 3.85. The van der Waals surface area contributed by atoms with Gasteiger partial charge in [0.1, 0.15) is 0 Å². The zero-order valence-corrected chi connectivity index (χ0v) is 19.8. The van der Waals surface area contributed by atoms with Crippen LogP contribution in [0.5, 0.6) is 0 Å². The lowest BCUT2D eigenvalue weighted by atomic mass is 10.2. The van der Waals surface area contributed by atoms with Crippen LogP contribution < -0.4 is 10.4 Å². The number of likely N-dealkylation sites (N-methyl/N-ethyl adjacent to an activating group) is 1. The van der Waals surface area contributed by atoms with Crippen molar-refractivity contribution in [2.75, 3.05) is 46.6 Å². The highest BCUT2D eigenvalue weighted by molar-refractivity contribution is 6.99. The molecule has 2 rings (SSSR count). The van der Waals surface area contributed by atoms with E-state index in [0.29, 0.717) is 32.9 Å². The number of aliphatic hydroxyl groups is 2. The van der Waals surface area contributed by atoms with E-state index in [2.05, 4.69) is 69.3 Å². The normalized spacial score (nSPS) is 13.6. The van der Waals surface area contributed by atoms with Crippen LogP contribution in [0.2, 0.25) is 5.04 Å². The van der Waals surface area contributed by atoms with E-state index in [-0.39, 0.29) is 11.6 Å². The molecule has 2 aromatic carbocycles. The Morgan fingerprint density at radius 3 is 1.90 bits per heavy atom. The first-order valence-corrected chi connectivity index (χ1v) is 12.5. The number of hydrogen-bond acceptors (Lipinski definition) is 5. The Balaban J connectivity index is 2.05. The van der Waals surface area contributed by atoms with Crippen LogP contribution in [0.15, 0.2) is 60.7 Å². The Hall–Kier alpha value is -1.54. The van der Waals surface area contributed by atoms with E-state index in [1.165, 1.54) is 10.4 Å². The molecule has 0 amide bonds. The molecule has 0 aromatic heterocycles. The molecule has 6 heteroatoms. The van der Waals surface area contributed by atoms with E-state index >= 15 is 0 Å². The number of nitrogens with zero attached hydrogens (tertiary/aromatic N) is 1. The predicted molar refractivity (Wildman–Crippen MR) is 125 cm³/mol. The molecule has 0 aliphatic heterocycles. The van der Waals surface area contributed by atoms with Crippen LogP contribution in [0.25, 0.3) is 0 Å². The summed E-state index contributed by atoms with van der Waals surface area (Å²) in [5, 5.41) is 20.9. The Kier molecular flexibility index (Phi) is 9.68. The number of benzene rings is 2. The average molecular weight is 432 g/mol. The summed E-state index contributed by atoms with van der Waals surface area (Å²) in [4.78, 5) is 1.95. The summed E-state index contributed by atoms with van der Waals surface area (Å²) in [5.74, 6) is 0. The molecule has 166 valence electrons. The van der Waals surface area contributed by atoms with Crippen LogP contribution in [0.3, 0.4) is 0 Å². The molecule has 0 radical (unpaired) electrons. The molecule has 5 nitrogen and oxygen atoms in total. The van der Waals surface area contributed by atoms with E-state index in [0.717, 1.165) is 0 Å². The summed E-state index contributed by atoms with van der Waals surface area (Å²) >= 11 is 0. The van der Waals surface area contributed by atoms with Crippen LogP contribution in [0.4, 0.5) is 0 Å². The molecule has 0 heterocycles. The topological polar surface area (TPSA) is 62.2 Å². The fourth-order valence-corrected chi connectivity index (χ4v) is 8.39. The number of hydrogen-bond donors (Lipinski definition) is 2. The summed E-state index contributed by atoms with van der Waals surface area (Å²) in [6.45, 7) is 9.28. The molecule has 1 atom stereocenters. The van der Waals surface area contributed by atoms with Gasteiger partial charge in [0.15, 0.2) is 0 Å². The van der Waals surface area contributed by atoms with Gasteiger partial charge in [-0.3, -0.25) is 0 Å². The lowest BCUT2D eigenvalue weighted by Gasteiger charge is -2.43. The minimum Gasteiger partial charge on any atom is -0.405 e. The minimum absolute atomic E-state index is 0.0453. The molecule has 0 spiro atoms. The molecule has 1 unspecified atom stereocenters. The standard InChI is InChI=1S/C24H37NO4Si/c1-24(2,3)30(22-11-7-5-8-12-22,23-13-9-6-10-14-23)29-18-17-28-16-15-25(4)19-21(27)20-26/h5-14,21,26-27H,15-20H2,1-4H3. The summed E-state index contributed by atoms with van der Waals surface area (Å²) in [5.41, 5.74) is 0. The Morgan fingerprint density at radius 1 is 0.900 bits per heavy atom. The quantitative estimate of drug-likeness (QED) is 0.397. The predicted octanol–water partition coefficient (Wildman–Crippen LogP) is 1.86. The van der Waals surface area contributed by atoms with Gasteiger partial charge >= 0.3 is 0 Å². The average Bonchev–Trinajstić information content (AvgIpc) is 2.73. The smallest absolute Gasteiger partial charge is 0.261 e. The number of ether oxygens (including phenoxy) is 1. The van der Waals surface area contributed by atoms with Crippen molar-refractivity contribution in [2.24, 2.45) is 0 Å². The molecule has 0 saturated heterocycles. The van der Waals surface area contributed by atoms with Crippen molar-refractivity contribution in [3.8, 4) is 0 Å². The van der Waals surface area contributed by atoms with Gasteiger partial charge in [-0.2, -0.15) is 0 Å². The van der Waals surface area contributed by atoms with Crippen LogP contribution >= 0.6 is 0 Å². The highest BCUT2D eigenvalue weighted by Crippen LogP contribution is 2.36.